The van der Waals surface area contributed by atoms with Crippen LogP contribution in [0.5, 0.6) is 0 Å². The van der Waals surface area contributed by atoms with Gasteiger partial charge in [-0.15, -0.1) is 0 Å². The van der Waals surface area contributed by atoms with E-state index in [1.807, 2.05) is 0 Å². The van der Waals surface area contributed by atoms with Crippen molar-refractivity contribution in [2.24, 2.45) is 15.7 Å². The molecule has 0 radical (unpaired) electrons. The van der Waals surface area contributed by atoms with Crippen LogP contribution in [0.1, 0.15) is 13.3 Å². The SMILES string of the molecule is CN=CC(C1=NCC(F)C1)=C(C)N. The second-order valence-electron chi connectivity index (χ2n) is 3.07. The second kappa shape index (κ2) is 4.16. The fraction of sp³-hybridized carbons (Fsp3) is 0.556. The molecule has 1 aliphatic rings. The summed E-state index contributed by atoms with van der Waals surface area (Å²) in [5.74, 6) is 0. The molecule has 1 aliphatic heterocycles. The van der Waals surface area contributed by atoms with Crippen LogP contribution in [-0.2, 0) is 0 Å². The molecule has 72 valence electrons. The van der Waals surface area contributed by atoms with Crippen molar-refractivity contribution in [2.75, 3.05) is 13.6 Å². The van der Waals surface area contributed by atoms with E-state index >= 15 is 0 Å². The fourth-order valence-corrected chi connectivity index (χ4v) is 1.28. The van der Waals surface area contributed by atoms with Crippen LogP contribution < -0.4 is 5.73 Å². The molecule has 0 spiro atoms. The van der Waals surface area contributed by atoms with Crippen molar-refractivity contribution in [1.29, 1.82) is 0 Å². The van der Waals surface area contributed by atoms with E-state index in [1.54, 1.807) is 20.2 Å². The van der Waals surface area contributed by atoms with Gasteiger partial charge in [-0.1, -0.05) is 0 Å². The van der Waals surface area contributed by atoms with Gasteiger partial charge in [0.25, 0.3) is 0 Å². The summed E-state index contributed by atoms with van der Waals surface area (Å²) in [5.41, 5.74) is 7.77. The number of alkyl halides is 1. The van der Waals surface area contributed by atoms with Crippen LogP contribution in [-0.4, -0.2) is 31.7 Å². The van der Waals surface area contributed by atoms with E-state index in [0.29, 0.717) is 12.1 Å². The van der Waals surface area contributed by atoms with Crippen molar-refractivity contribution in [3.05, 3.63) is 11.3 Å². The summed E-state index contributed by atoms with van der Waals surface area (Å²) in [7, 11) is 1.66. The summed E-state index contributed by atoms with van der Waals surface area (Å²) in [4.78, 5) is 7.93. The number of hydrogen-bond donors (Lipinski definition) is 1. The van der Waals surface area contributed by atoms with Crippen molar-refractivity contribution >= 4 is 11.9 Å². The van der Waals surface area contributed by atoms with Crippen LogP contribution in [0.15, 0.2) is 21.3 Å². The van der Waals surface area contributed by atoms with Crippen molar-refractivity contribution in [3.63, 3.8) is 0 Å². The third-order valence-corrected chi connectivity index (χ3v) is 1.89. The minimum absolute atomic E-state index is 0.254. The van der Waals surface area contributed by atoms with Gasteiger partial charge in [-0.05, 0) is 6.92 Å². The molecule has 1 unspecified atom stereocenters. The van der Waals surface area contributed by atoms with Gasteiger partial charge in [0.05, 0.1) is 6.54 Å². The zero-order valence-electron chi connectivity index (χ0n) is 7.92. The van der Waals surface area contributed by atoms with E-state index in [4.69, 9.17) is 5.73 Å². The van der Waals surface area contributed by atoms with E-state index in [0.717, 1.165) is 11.3 Å². The highest BCUT2D eigenvalue weighted by atomic mass is 19.1. The van der Waals surface area contributed by atoms with E-state index in [1.165, 1.54) is 0 Å². The molecule has 1 heterocycles. The smallest absolute Gasteiger partial charge is 0.125 e. The third-order valence-electron chi connectivity index (χ3n) is 1.89. The van der Waals surface area contributed by atoms with Gasteiger partial charge in [0.2, 0.25) is 0 Å². The summed E-state index contributed by atoms with van der Waals surface area (Å²) < 4.78 is 12.8. The molecule has 0 fully saturated rings. The molecule has 0 amide bonds. The fourth-order valence-electron chi connectivity index (χ4n) is 1.28. The Balaban J connectivity index is 2.85. The number of hydrogen-bond acceptors (Lipinski definition) is 3. The number of nitrogens with two attached hydrogens (primary N) is 1. The van der Waals surface area contributed by atoms with Gasteiger partial charge in [0.1, 0.15) is 6.17 Å². The molecule has 2 N–H and O–H groups in total. The molecule has 0 saturated heterocycles. The number of rotatable bonds is 2. The lowest BCUT2D eigenvalue weighted by molar-refractivity contribution is 0.367. The molecule has 0 aromatic rings. The zero-order chi connectivity index (χ0) is 9.84. The Hall–Kier alpha value is -1.19. The number of halogens is 1. The molecule has 13 heavy (non-hydrogen) atoms. The first-order chi connectivity index (χ1) is 6.15. The zero-order valence-corrected chi connectivity index (χ0v) is 7.92. The first-order valence-corrected chi connectivity index (χ1v) is 4.21. The highest BCUT2D eigenvalue weighted by molar-refractivity contribution is 6.17. The molecule has 0 bridgehead atoms. The molecular formula is C9H14FN3. The largest absolute Gasteiger partial charge is 0.402 e. The van der Waals surface area contributed by atoms with Crippen LogP contribution in [0.25, 0.3) is 0 Å². The Morgan fingerprint density at radius 3 is 2.85 bits per heavy atom. The lowest BCUT2D eigenvalue weighted by atomic mass is 10.1. The third kappa shape index (κ3) is 2.37. The van der Waals surface area contributed by atoms with Crippen molar-refractivity contribution in [1.82, 2.24) is 0 Å². The van der Waals surface area contributed by atoms with Crippen LogP contribution in [0.4, 0.5) is 4.39 Å². The lowest BCUT2D eigenvalue weighted by Crippen LogP contribution is -2.10. The summed E-state index contributed by atoms with van der Waals surface area (Å²) in [5, 5.41) is 0. The molecule has 0 aliphatic carbocycles. The maximum Gasteiger partial charge on any atom is 0.125 e. The molecular weight excluding hydrogens is 169 g/mol. The highest BCUT2D eigenvalue weighted by Gasteiger charge is 2.20. The minimum atomic E-state index is -0.852. The average molecular weight is 183 g/mol. The van der Waals surface area contributed by atoms with Gasteiger partial charge in [-0.3, -0.25) is 9.98 Å². The van der Waals surface area contributed by atoms with Crippen LogP contribution >= 0.6 is 0 Å². The molecule has 1 atom stereocenters. The molecule has 3 nitrogen and oxygen atoms in total. The van der Waals surface area contributed by atoms with Gasteiger partial charge < -0.3 is 5.73 Å². The minimum Gasteiger partial charge on any atom is -0.402 e. The standard InChI is InChI=1S/C9H14FN3/c1-6(11)8(5-12-2)9-3-7(10)4-13-9/h5,7H,3-4,11H2,1-2H3. The topological polar surface area (TPSA) is 50.7 Å². The van der Waals surface area contributed by atoms with Gasteiger partial charge in [-0.25, -0.2) is 4.39 Å². The highest BCUT2D eigenvalue weighted by Crippen LogP contribution is 2.15. The van der Waals surface area contributed by atoms with Crippen LogP contribution in [0.2, 0.25) is 0 Å². The maximum absolute atomic E-state index is 12.8. The molecule has 4 heteroatoms. The summed E-state index contributed by atoms with van der Waals surface area (Å²) >= 11 is 0. The predicted octanol–water partition coefficient (Wildman–Crippen LogP) is 1.10. The van der Waals surface area contributed by atoms with E-state index < -0.39 is 6.17 Å². The first kappa shape index (κ1) is 9.89. The monoisotopic (exact) mass is 183 g/mol. The van der Waals surface area contributed by atoms with Gasteiger partial charge in [0.15, 0.2) is 0 Å². The van der Waals surface area contributed by atoms with E-state index in [2.05, 4.69) is 9.98 Å². The second-order valence-corrected chi connectivity index (χ2v) is 3.07. The molecule has 0 aromatic carbocycles. The number of aliphatic imine (C=N–C) groups is 2. The van der Waals surface area contributed by atoms with Crippen molar-refractivity contribution in [2.45, 2.75) is 19.5 Å². The number of nitrogens with zero attached hydrogens (tertiary/aromatic N) is 2. The van der Waals surface area contributed by atoms with Crippen molar-refractivity contribution < 1.29 is 4.39 Å². The van der Waals surface area contributed by atoms with Crippen LogP contribution in [0, 0.1) is 0 Å². The quantitative estimate of drug-likeness (QED) is 0.640. The van der Waals surface area contributed by atoms with Gasteiger partial charge in [-0.2, -0.15) is 0 Å². The summed E-state index contributed by atoms with van der Waals surface area (Å²) in [6.07, 6.45) is 1.14. The van der Waals surface area contributed by atoms with E-state index in [9.17, 15) is 4.39 Å². The van der Waals surface area contributed by atoms with Gasteiger partial charge in [0, 0.05) is 36.7 Å². The normalized spacial score (nSPS) is 24.8. The van der Waals surface area contributed by atoms with Crippen LogP contribution in [0.3, 0.4) is 0 Å². The average Bonchev–Trinajstić information content (AvgIpc) is 2.46. The predicted molar refractivity (Wildman–Crippen MR) is 53.1 cm³/mol. The Kier molecular flexibility index (Phi) is 3.17. The van der Waals surface area contributed by atoms with E-state index in [-0.39, 0.29) is 6.54 Å². The Morgan fingerprint density at radius 1 is 1.77 bits per heavy atom. The number of allylic oxidation sites excluding steroid dienone is 2. The van der Waals surface area contributed by atoms with Crippen molar-refractivity contribution in [3.8, 4) is 0 Å². The Labute approximate surface area is 77.3 Å². The summed E-state index contributed by atoms with van der Waals surface area (Å²) in [6.45, 7) is 2.02. The molecule has 0 saturated carbocycles. The Morgan fingerprint density at radius 2 is 2.46 bits per heavy atom. The first-order valence-electron chi connectivity index (χ1n) is 4.21. The lowest BCUT2D eigenvalue weighted by Gasteiger charge is -2.03. The maximum atomic E-state index is 12.8. The van der Waals surface area contributed by atoms with Gasteiger partial charge >= 0.3 is 0 Å². The molecule has 0 aromatic heterocycles. The summed E-state index contributed by atoms with van der Waals surface area (Å²) in [6, 6.07) is 0. The molecule has 1 rings (SSSR count). The Bertz CT molecular complexity index is 275.